The second kappa shape index (κ2) is 5.66. The van der Waals surface area contributed by atoms with Crippen LogP contribution in [-0.4, -0.2) is 44.8 Å². The Kier molecular flexibility index (Phi) is 5.59. The first-order valence-electron chi connectivity index (χ1n) is 4.81. The van der Waals surface area contributed by atoms with E-state index in [9.17, 15) is 15.3 Å². The summed E-state index contributed by atoms with van der Waals surface area (Å²) in [7, 11) is 0. The second-order valence-electron chi connectivity index (χ2n) is 4.30. The fraction of sp³-hybridized carbons (Fsp3) is 0.900. The highest BCUT2D eigenvalue weighted by molar-refractivity contribution is 4.90. The third kappa shape index (κ3) is 4.91. The van der Waals surface area contributed by atoms with Crippen LogP contribution in [0, 0.1) is 12.3 Å². The smallest absolute Gasteiger partial charge is 0.0854 e. The zero-order valence-corrected chi connectivity index (χ0v) is 9.01. The van der Waals surface area contributed by atoms with Gasteiger partial charge in [0.1, 0.15) is 0 Å². The van der Waals surface area contributed by atoms with Crippen molar-refractivity contribution in [3.8, 4) is 0 Å². The maximum Gasteiger partial charge on any atom is 0.0854 e. The van der Waals surface area contributed by atoms with Crippen molar-refractivity contribution < 1.29 is 20.4 Å². The minimum atomic E-state index is -1.19. The summed E-state index contributed by atoms with van der Waals surface area (Å²) in [5, 5.41) is 37.0. The van der Waals surface area contributed by atoms with E-state index in [1.807, 2.05) is 0 Å². The highest BCUT2D eigenvalue weighted by Gasteiger charge is 2.25. The highest BCUT2D eigenvalue weighted by Crippen LogP contribution is 2.16. The molecule has 0 aromatic heterocycles. The lowest BCUT2D eigenvalue weighted by Gasteiger charge is -2.25. The lowest BCUT2D eigenvalue weighted by atomic mass is 9.93. The van der Waals surface area contributed by atoms with Crippen molar-refractivity contribution >= 4 is 0 Å². The Morgan fingerprint density at radius 3 is 2.14 bits per heavy atom. The van der Waals surface area contributed by atoms with Crippen molar-refractivity contribution in [3.63, 3.8) is 0 Å². The summed E-state index contributed by atoms with van der Waals surface area (Å²) in [6, 6.07) is 0. The van der Waals surface area contributed by atoms with Gasteiger partial charge in [-0.2, -0.15) is 0 Å². The van der Waals surface area contributed by atoms with Crippen molar-refractivity contribution in [2.45, 2.75) is 45.0 Å². The monoisotopic (exact) mass is 205 g/mol. The third-order valence-corrected chi connectivity index (χ3v) is 2.27. The molecule has 0 saturated carbocycles. The van der Waals surface area contributed by atoms with Crippen LogP contribution in [0.5, 0.6) is 0 Å². The standard InChI is InChI=1S/C10H21O4/c1-7(6-11)8(12)4-5-9(13)10(2,3)14/h5,7-9,11-14H,4,6H2,1-3H3. The van der Waals surface area contributed by atoms with Crippen LogP contribution in [0.25, 0.3) is 0 Å². The minimum Gasteiger partial charge on any atom is -0.396 e. The predicted octanol–water partition coefficient (Wildman–Crippen LogP) is -0.298. The predicted molar refractivity (Wildman–Crippen MR) is 53.5 cm³/mol. The molecule has 0 aliphatic heterocycles. The Bertz CT molecular complexity index is 153. The Balaban J connectivity index is 3.83. The molecule has 0 spiro atoms. The van der Waals surface area contributed by atoms with E-state index >= 15 is 0 Å². The molecule has 4 heteroatoms. The van der Waals surface area contributed by atoms with E-state index in [2.05, 4.69) is 0 Å². The summed E-state index contributed by atoms with van der Waals surface area (Å²) < 4.78 is 0. The van der Waals surface area contributed by atoms with Gasteiger partial charge in [0.15, 0.2) is 0 Å². The Labute approximate surface area is 85.2 Å². The first-order valence-corrected chi connectivity index (χ1v) is 4.81. The molecular weight excluding hydrogens is 184 g/mol. The highest BCUT2D eigenvalue weighted by atomic mass is 16.3. The molecule has 85 valence electrons. The molecule has 0 bridgehead atoms. The zero-order chi connectivity index (χ0) is 11.4. The van der Waals surface area contributed by atoms with Crippen LogP contribution in [0.3, 0.4) is 0 Å². The van der Waals surface area contributed by atoms with E-state index in [-0.39, 0.29) is 18.9 Å². The molecule has 0 rings (SSSR count). The summed E-state index contributed by atoms with van der Waals surface area (Å²) in [5.41, 5.74) is -1.19. The summed E-state index contributed by atoms with van der Waals surface area (Å²) in [4.78, 5) is 0. The van der Waals surface area contributed by atoms with Gasteiger partial charge in [0.05, 0.1) is 17.8 Å². The number of aliphatic hydroxyl groups excluding tert-OH is 3. The van der Waals surface area contributed by atoms with Crippen molar-refractivity contribution in [2.75, 3.05) is 6.61 Å². The van der Waals surface area contributed by atoms with Crippen LogP contribution in [0.4, 0.5) is 0 Å². The van der Waals surface area contributed by atoms with Crippen molar-refractivity contribution in [2.24, 2.45) is 5.92 Å². The van der Waals surface area contributed by atoms with E-state index in [0.717, 1.165) is 0 Å². The molecule has 4 nitrogen and oxygen atoms in total. The summed E-state index contributed by atoms with van der Waals surface area (Å²) in [6.45, 7) is 4.62. The van der Waals surface area contributed by atoms with Crippen LogP contribution >= 0.6 is 0 Å². The molecule has 0 aliphatic carbocycles. The Hall–Kier alpha value is -0.160. The summed E-state index contributed by atoms with van der Waals surface area (Å²) >= 11 is 0. The molecule has 0 heterocycles. The molecule has 14 heavy (non-hydrogen) atoms. The fourth-order valence-corrected chi connectivity index (χ4v) is 0.911. The Morgan fingerprint density at radius 2 is 1.79 bits per heavy atom. The van der Waals surface area contributed by atoms with Gasteiger partial charge in [-0.25, -0.2) is 0 Å². The normalized spacial score (nSPS) is 19.1. The summed E-state index contributed by atoms with van der Waals surface area (Å²) in [6.07, 6.45) is 0.0593. The number of hydrogen-bond acceptors (Lipinski definition) is 4. The largest absolute Gasteiger partial charge is 0.396 e. The van der Waals surface area contributed by atoms with Gasteiger partial charge in [-0.15, -0.1) is 0 Å². The second-order valence-corrected chi connectivity index (χ2v) is 4.30. The van der Waals surface area contributed by atoms with E-state index < -0.39 is 17.8 Å². The molecular formula is C10H21O4. The van der Waals surface area contributed by atoms with Gasteiger partial charge >= 0.3 is 0 Å². The molecule has 0 amide bonds. The SMILES string of the molecule is CC(CO)C(O)C[CH]C(O)C(C)(C)O. The van der Waals surface area contributed by atoms with Gasteiger partial charge < -0.3 is 20.4 Å². The maximum atomic E-state index is 9.45. The van der Waals surface area contributed by atoms with Crippen LogP contribution in [-0.2, 0) is 0 Å². The topological polar surface area (TPSA) is 80.9 Å². The molecule has 3 unspecified atom stereocenters. The first kappa shape index (κ1) is 13.8. The lowest BCUT2D eigenvalue weighted by Crippen LogP contribution is -2.37. The van der Waals surface area contributed by atoms with Crippen LogP contribution in [0.15, 0.2) is 0 Å². The Morgan fingerprint density at radius 1 is 1.29 bits per heavy atom. The number of aliphatic hydroxyl groups is 4. The number of hydrogen-bond donors (Lipinski definition) is 4. The van der Waals surface area contributed by atoms with Crippen molar-refractivity contribution in [3.05, 3.63) is 6.42 Å². The van der Waals surface area contributed by atoms with Gasteiger partial charge in [-0.05, 0) is 26.7 Å². The third-order valence-electron chi connectivity index (χ3n) is 2.27. The quantitative estimate of drug-likeness (QED) is 0.480. The average Bonchev–Trinajstić information content (AvgIpc) is 2.10. The van der Waals surface area contributed by atoms with Crippen LogP contribution < -0.4 is 0 Å². The van der Waals surface area contributed by atoms with Crippen LogP contribution in [0.1, 0.15) is 27.2 Å². The van der Waals surface area contributed by atoms with Crippen molar-refractivity contribution in [1.29, 1.82) is 0 Å². The maximum absolute atomic E-state index is 9.45. The fourth-order valence-electron chi connectivity index (χ4n) is 0.911. The van der Waals surface area contributed by atoms with Gasteiger partial charge in [0, 0.05) is 12.5 Å². The molecule has 0 aromatic carbocycles. The van der Waals surface area contributed by atoms with E-state index in [1.165, 1.54) is 20.3 Å². The number of rotatable bonds is 6. The van der Waals surface area contributed by atoms with E-state index in [0.29, 0.717) is 0 Å². The lowest BCUT2D eigenvalue weighted by molar-refractivity contribution is -0.0361. The van der Waals surface area contributed by atoms with Gasteiger partial charge in [-0.1, -0.05) is 6.92 Å². The average molecular weight is 205 g/mol. The molecule has 0 aliphatic rings. The van der Waals surface area contributed by atoms with Gasteiger partial charge in [0.25, 0.3) is 0 Å². The van der Waals surface area contributed by atoms with E-state index in [4.69, 9.17) is 5.11 Å². The molecule has 4 N–H and O–H groups in total. The molecule has 0 saturated heterocycles. The molecule has 1 radical (unpaired) electrons. The zero-order valence-electron chi connectivity index (χ0n) is 9.01. The van der Waals surface area contributed by atoms with Crippen molar-refractivity contribution in [1.82, 2.24) is 0 Å². The summed E-state index contributed by atoms with van der Waals surface area (Å²) in [5.74, 6) is -0.222. The van der Waals surface area contributed by atoms with Gasteiger partial charge in [0.2, 0.25) is 0 Å². The van der Waals surface area contributed by atoms with E-state index in [1.54, 1.807) is 6.92 Å². The van der Waals surface area contributed by atoms with Gasteiger partial charge in [-0.3, -0.25) is 0 Å². The molecule has 0 aromatic rings. The first-order chi connectivity index (χ1) is 6.29. The molecule has 0 fully saturated rings. The van der Waals surface area contributed by atoms with Crippen LogP contribution in [0.2, 0.25) is 0 Å². The molecule has 3 atom stereocenters. The minimum absolute atomic E-state index is 0.0897.